The van der Waals surface area contributed by atoms with Gasteiger partial charge in [0, 0.05) is 31.3 Å². The minimum atomic E-state index is -0.145. The van der Waals surface area contributed by atoms with Gasteiger partial charge in [0.1, 0.15) is 0 Å². The fourth-order valence-corrected chi connectivity index (χ4v) is 2.71. The van der Waals surface area contributed by atoms with Crippen LogP contribution in [0.5, 0.6) is 0 Å². The largest absolute Gasteiger partial charge is 0.353 e. The average Bonchev–Trinajstić information content (AvgIpc) is 2.84. The van der Waals surface area contributed by atoms with Gasteiger partial charge in [-0.25, -0.2) is 4.98 Å². The average molecular weight is 310 g/mol. The number of piperazine rings is 1. The quantitative estimate of drug-likeness (QED) is 0.829. The lowest BCUT2D eigenvalue weighted by atomic mass is 10.2. The van der Waals surface area contributed by atoms with E-state index in [0.717, 1.165) is 5.69 Å². The Morgan fingerprint density at radius 2 is 2.29 bits per heavy atom. The minimum absolute atomic E-state index is 0.0808. The zero-order valence-electron chi connectivity index (χ0n) is 11.8. The Bertz CT molecular complexity index is 543. The summed E-state index contributed by atoms with van der Waals surface area (Å²) in [6.45, 7) is 3.01. The summed E-state index contributed by atoms with van der Waals surface area (Å²) in [5.74, 6) is -0.359. The number of aryl methyl sites for hydroxylation is 1. The zero-order chi connectivity index (χ0) is 15.2. The molecule has 8 heteroatoms. The maximum absolute atomic E-state index is 11.9. The molecular formula is C13H18N4O3S. The zero-order valence-corrected chi connectivity index (χ0v) is 12.7. The summed E-state index contributed by atoms with van der Waals surface area (Å²) >= 11 is 1.38. The third-order valence-corrected chi connectivity index (χ3v) is 3.93. The summed E-state index contributed by atoms with van der Waals surface area (Å²) in [7, 11) is 0. The second-order valence-electron chi connectivity index (χ2n) is 4.86. The van der Waals surface area contributed by atoms with Gasteiger partial charge < -0.3 is 15.5 Å². The van der Waals surface area contributed by atoms with Gasteiger partial charge in [0.25, 0.3) is 0 Å². The number of nitrogens with zero attached hydrogens (tertiary/aromatic N) is 2. The molecule has 0 aromatic carbocycles. The summed E-state index contributed by atoms with van der Waals surface area (Å²) in [4.78, 5) is 40.5. The van der Waals surface area contributed by atoms with Crippen LogP contribution in [0.2, 0.25) is 0 Å². The van der Waals surface area contributed by atoms with E-state index in [1.54, 1.807) is 0 Å². The molecule has 7 nitrogen and oxygen atoms in total. The van der Waals surface area contributed by atoms with Crippen LogP contribution in [-0.4, -0.2) is 47.2 Å². The first-order valence-electron chi connectivity index (χ1n) is 6.81. The maximum Gasteiger partial charge on any atom is 0.239 e. The number of anilines is 1. The van der Waals surface area contributed by atoms with E-state index in [0.29, 0.717) is 24.6 Å². The van der Waals surface area contributed by atoms with Gasteiger partial charge in [-0.2, -0.15) is 0 Å². The number of hydrogen-bond acceptors (Lipinski definition) is 5. The molecule has 1 aliphatic heterocycles. The van der Waals surface area contributed by atoms with Crippen LogP contribution in [0.15, 0.2) is 5.38 Å². The number of rotatable bonds is 5. The molecular weight excluding hydrogens is 292 g/mol. The van der Waals surface area contributed by atoms with Gasteiger partial charge in [-0.3, -0.25) is 14.4 Å². The molecule has 0 unspecified atom stereocenters. The summed E-state index contributed by atoms with van der Waals surface area (Å²) in [5, 5.41) is 7.81. The number of carbonyl (C=O) groups excluding carboxylic acids is 3. The van der Waals surface area contributed by atoms with Crippen molar-refractivity contribution in [1.29, 1.82) is 0 Å². The molecule has 21 heavy (non-hydrogen) atoms. The highest BCUT2D eigenvalue weighted by Gasteiger charge is 2.20. The predicted molar refractivity (Wildman–Crippen MR) is 78.9 cm³/mol. The van der Waals surface area contributed by atoms with Crippen molar-refractivity contribution in [2.75, 3.05) is 25.0 Å². The van der Waals surface area contributed by atoms with Crippen LogP contribution in [0.1, 0.15) is 25.0 Å². The standard InChI is InChI=1S/C13H18N4O3S/c1-9-8-21-13(15-9)16-10(18)3-2-4-12(20)17-6-5-14-11(19)7-17/h8H,2-7H2,1H3,(H,14,19)(H,15,16,18). The van der Waals surface area contributed by atoms with Crippen molar-refractivity contribution in [2.45, 2.75) is 26.2 Å². The van der Waals surface area contributed by atoms with E-state index in [2.05, 4.69) is 15.6 Å². The topological polar surface area (TPSA) is 91.4 Å². The number of carbonyl (C=O) groups is 3. The second-order valence-corrected chi connectivity index (χ2v) is 5.72. The van der Waals surface area contributed by atoms with Crippen LogP contribution in [-0.2, 0) is 14.4 Å². The molecule has 2 rings (SSSR count). The number of aromatic nitrogens is 1. The number of nitrogens with one attached hydrogen (secondary N) is 2. The molecule has 1 aromatic heterocycles. The van der Waals surface area contributed by atoms with Gasteiger partial charge in [-0.15, -0.1) is 11.3 Å². The van der Waals surface area contributed by atoms with Gasteiger partial charge in [0.2, 0.25) is 17.7 Å². The fourth-order valence-electron chi connectivity index (χ4n) is 2.00. The Kier molecular flexibility index (Phi) is 5.26. The highest BCUT2D eigenvalue weighted by atomic mass is 32.1. The summed E-state index contributed by atoms with van der Waals surface area (Å²) in [5.41, 5.74) is 0.869. The van der Waals surface area contributed by atoms with E-state index in [1.165, 1.54) is 16.2 Å². The van der Waals surface area contributed by atoms with Crippen molar-refractivity contribution in [2.24, 2.45) is 0 Å². The molecule has 1 aromatic rings. The minimum Gasteiger partial charge on any atom is -0.353 e. The number of amides is 3. The lowest BCUT2D eigenvalue weighted by molar-refractivity contribution is -0.138. The van der Waals surface area contributed by atoms with Gasteiger partial charge in [-0.05, 0) is 13.3 Å². The van der Waals surface area contributed by atoms with E-state index in [4.69, 9.17) is 0 Å². The van der Waals surface area contributed by atoms with Gasteiger partial charge >= 0.3 is 0 Å². The molecule has 114 valence electrons. The van der Waals surface area contributed by atoms with Crippen LogP contribution in [0, 0.1) is 6.92 Å². The molecule has 1 fully saturated rings. The summed E-state index contributed by atoms with van der Waals surface area (Å²) in [6.07, 6.45) is 1.01. The van der Waals surface area contributed by atoms with Crippen molar-refractivity contribution in [3.63, 3.8) is 0 Å². The van der Waals surface area contributed by atoms with Crippen molar-refractivity contribution in [1.82, 2.24) is 15.2 Å². The van der Waals surface area contributed by atoms with E-state index < -0.39 is 0 Å². The second kappa shape index (κ2) is 7.16. The lowest BCUT2D eigenvalue weighted by Crippen LogP contribution is -2.49. The Hall–Kier alpha value is -1.96. The normalized spacial score (nSPS) is 14.7. The van der Waals surface area contributed by atoms with Gasteiger partial charge in [0.15, 0.2) is 5.13 Å². The molecule has 0 bridgehead atoms. The first-order chi connectivity index (χ1) is 10.0. The van der Waals surface area contributed by atoms with Crippen LogP contribution in [0.4, 0.5) is 5.13 Å². The molecule has 0 atom stereocenters. The monoisotopic (exact) mass is 310 g/mol. The smallest absolute Gasteiger partial charge is 0.239 e. The third-order valence-electron chi connectivity index (χ3n) is 3.05. The Morgan fingerprint density at radius 1 is 1.48 bits per heavy atom. The number of thiazole rings is 1. The SMILES string of the molecule is Cc1csc(NC(=O)CCCC(=O)N2CCNC(=O)C2)n1. The molecule has 0 spiro atoms. The first kappa shape index (κ1) is 15.4. The molecule has 1 aliphatic rings. The highest BCUT2D eigenvalue weighted by Crippen LogP contribution is 2.15. The van der Waals surface area contributed by atoms with Crippen LogP contribution >= 0.6 is 11.3 Å². The molecule has 3 amide bonds. The number of hydrogen-bond donors (Lipinski definition) is 2. The van der Waals surface area contributed by atoms with Crippen LogP contribution in [0.3, 0.4) is 0 Å². The van der Waals surface area contributed by atoms with Crippen molar-refractivity contribution < 1.29 is 14.4 Å². The van der Waals surface area contributed by atoms with Crippen LogP contribution in [0.25, 0.3) is 0 Å². The third kappa shape index (κ3) is 4.82. The van der Waals surface area contributed by atoms with E-state index >= 15 is 0 Å². The van der Waals surface area contributed by atoms with E-state index in [9.17, 15) is 14.4 Å². The molecule has 1 saturated heterocycles. The van der Waals surface area contributed by atoms with Crippen molar-refractivity contribution >= 4 is 34.2 Å². The summed E-state index contributed by atoms with van der Waals surface area (Å²) < 4.78 is 0. The molecule has 0 saturated carbocycles. The maximum atomic E-state index is 11.9. The van der Waals surface area contributed by atoms with Gasteiger partial charge in [0.05, 0.1) is 12.2 Å². The van der Waals surface area contributed by atoms with E-state index in [-0.39, 0.29) is 37.1 Å². The fraction of sp³-hybridized carbons (Fsp3) is 0.538. The lowest BCUT2D eigenvalue weighted by Gasteiger charge is -2.26. The first-order valence-corrected chi connectivity index (χ1v) is 7.69. The predicted octanol–water partition coefficient (Wildman–Crippen LogP) is 0.519. The van der Waals surface area contributed by atoms with Crippen LogP contribution < -0.4 is 10.6 Å². The highest BCUT2D eigenvalue weighted by molar-refractivity contribution is 7.13. The Labute approximate surface area is 126 Å². The molecule has 0 aliphatic carbocycles. The van der Waals surface area contributed by atoms with Crippen molar-refractivity contribution in [3.8, 4) is 0 Å². The Balaban J connectivity index is 1.67. The molecule has 2 N–H and O–H groups in total. The van der Waals surface area contributed by atoms with Crippen molar-refractivity contribution in [3.05, 3.63) is 11.1 Å². The van der Waals surface area contributed by atoms with E-state index in [1.807, 2.05) is 12.3 Å². The molecule has 2 heterocycles. The Morgan fingerprint density at radius 3 is 2.95 bits per heavy atom. The van der Waals surface area contributed by atoms with Gasteiger partial charge in [-0.1, -0.05) is 0 Å². The summed E-state index contributed by atoms with van der Waals surface area (Å²) in [6, 6.07) is 0. The molecule has 0 radical (unpaired) electrons.